The Morgan fingerprint density at radius 1 is 1.14 bits per heavy atom. The minimum Gasteiger partial charge on any atom is -0.507 e. The van der Waals surface area contributed by atoms with Crippen molar-refractivity contribution < 1.29 is 38.9 Å². The van der Waals surface area contributed by atoms with E-state index in [2.05, 4.69) is 11.5 Å². The molecule has 2 unspecified atom stereocenters. The Morgan fingerprint density at radius 2 is 1.84 bits per heavy atom. The zero-order valence-corrected chi connectivity index (χ0v) is 25.2. The molecule has 232 valence electrons. The Bertz CT molecular complexity index is 1600. The van der Waals surface area contributed by atoms with Crippen LogP contribution in [0.4, 0.5) is 0 Å². The lowest BCUT2D eigenvalue weighted by Crippen LogP contribution is -2.74. The van der Waals surface area contributed by atoms with Crippen LogP contribution in [0.5, 0.6) is 11.5 Å². The molecule has 0 aromatic heterocycles. The minimum absolute atomic E-state index is 0.0147. The van der Waals surface area contributed by atoms with Gasteiger partial charge in [-0.1, -0.05) is 18.2 Å². The van der Waals surface area contributed by atoms with E-state index in [1.807, 2.05) is 25.2 Å². The van der Waals surface area contributed by atoms with Crippen molar-refractivity contribution in [3.8, 4) is 22.6 Å². The quantitative estimate of drug-likeness (QED) is 0.294. The summed E-state index contributed by atoms with van der Waals surface area (Å²) in [6, 6.07) is 7.60. The molecule has 2 aromatic carbocycles. The number of methoxy groups -OCH3 is 1. The fourth-order valence-corrected chi connectivity index (χ4v) is 7.52. The van der Waals surface area contributed by atoms with Gasteiger partial charge in [0.15, 0.2) is 34.7 Å². The number of primary amides is 1. The highest BCUT2D eigenvalue weighted by Gasteiger charge is 2.69. The van der Waals surface area contributed by atoms with Crippen molar-refractivity contribution in [2.45, 2.75) is 31.0 Å². The standard InChI is InChI=1S/C33H37N3O8/c1-6-11-36(4)15-18-12-16(7-10-23(18)44-5)19-8-9-22(37)25-20(19)13-17-14-21-27(35(2)3)29(39)26(32(34)42)31(41)33(21,43)30(40)24(17)28(25)38/h6-10,12,17,21,24,26-27,37,43H,1,11,13-15H2,2-5H3,(H2,34,42)/t17-,21-,24?,26?,27-,33-/m0/s1. The Balaban J connectivity index is 1.62. The second-order valence-electron chi connectivity index (χ2n) is 12.3. The maximum atomic E-state index is 14.1. The molecular formula is C33H37N3O8. The van der Waals surface area contributed by atoms with E-state index in [0.29, 0.717) is 30.0 Å². The summed E-state index contributed by atoms with van der Waals surface area (Å²) >= 11 is 0. The number of ether oxygens (including phenoxy) is 1. The van der Waals surface area contributed by atoms with Gasteiger partial charge in [0.2, 0.25) is 5.91 Å². The first-order chi connectivity index (χ1) is 20.8. The van der Waals surface area contributed by atoms with Crippen LogP contribution in [-0.2, 0) is 32.1 Å². The van der Waals surface area contributed by atoms with Crippen molar-refractivity contribution in [2.24, 2.45) is 29.4 Å². The molecule has 0 bridgehead atoms. The van der Waals surface area contributed by atoms with E-state index >= 15 is 0 Å². The number of phenols is 1. The monoisotopic (exact) mass is 603 g/mol. The molecule has 0 saturated heterocycles. The normalized spacial score (nSPS) is 28.0. The Hall–Kier alpha value is -4.19. The van der Waals surface area contributed by atoms with Crippen LogP contribution in [0.15, 0.2) is 43.0 Å². The highest BCUT2D eigenvalue weighted by Crippen LogP contribution is 2.51. The molecule has 2 saturated carbocycles. The van der Waals surface area contributed by atoms with E-state index in [0.717, 1.165) is 11.1 Å². The van der Waals surface area contributed by atoms with Gasteiger partial charge >= 0.3 is 0 Å². The van der Waals surface area contributed by atoms with Crippen molar-refractivity contribution >= 4 is 29.0 Å². The van der Waals surface area contributed by atoms with Gasteiger partial charge in [0.25, 0.3) is 0 Å². The number of aliphatic hydroxyl groups is 1. The Kier molecular flexibility index (Phi) is 8.08. The Morgan fingerprint density at radius 3 is 2.45 bits per heavy atom. The van der Waals surface area contributed by atoms with Crippen molar-refractivity contribution in [1.29, 1.82) is 0 Å². The lowest BCUT2D eigenvalue weighted by molar-refractivity contribution is -0.181. The molecule has 0 spiro atoms. The number of hydrogen-bond donors (Lipinski definition) is 3. The zero-order chi connectivity index (χ0) is 32.2. The van der Waals surface area contributed by atoms with Crippen LogP contribution >= 0.6 is 0 Å². The maximum absolute atomic E-state index is 14.1. The highest BCUT2D eigenvalue weighted by molar-refractivity contribution is 6.32. The van der Waals surface area contributed by atoms with Crippen molar-refractivity contribution in [3.63, 3.8) is 0 Å². The topological polar surface area (TPSA) is 168 Å². The average Bonchev–Trinajstić information content (AvgIpc) is 2.95. The molecule has 6 atom stereocenters. The number of aromatic hydroxyl groups is 1. The van der Waals surface area contributed by atoms with Crippen LogP contribution < -0.4 is 10.5 Å². The molecule has 44 heavy (non-hydrogen) atoms. The summed E-state index contributed by atoms with van der Waals surface area (Å²) in [6.45, 7) is 5.00. The van der Waals surface area contributed by atoms with Gasteiger partial charge < -0.3 is 20.7 Å². The summed E-state index contributed by atoms with van der Waals surface area (Å²) in [7, 11) is 6.64. The summed E-state index contributed by atoms with van der Waals surface area (Å²) in [5, 5.41) is 22.7. The average molecular weight is 604 g/mol. The molecule has 3 aliphatic rings. The van der Waals surface area contributed by atoms with Crippen LogP contribution in [0, 0.1) is 23.7 Å². The summed E-state index contributed by atoms with van der Waals surface area (Å²) in [5.74, 6) is -10.1. The first kappa shape index (κ1) is 31.2. The van der Waals surface area contributed by atoms with E-state index in [-0.39, 0.29) is 24.2 Å². The number of phenolic OH excluding ortho intramolecular Hbond substituents is 1. The molecule has 5 rings (SSSR count). The van der Waals surface area contributed by atoms with Crippen LogP contribution in [0.1, 0.15) is 27.9 Å². The molecule has 0 aliphatic heterocycles. The predicted octanol–water partition coefficient (Wildman–Crippen LogP) is 1.16. The lowest BCUT2D eigenvalue weighted by Gasteiger charge is -2.52. The van der Waals surface area contributed by atoms with Gasteiger partial charge in [-0.3, -0.25) is 33.8 Å². The number of carbonyl (C=O) groups is 5. The predicted molar refractivity (Wildman–Crippen MR) is 160 cm³/mol. The number of carbonyl (C=O) groups excluding carboxylic acids is 5. The van der Waals surface area contributed by atoms with Crippen molar-refractivity contribution in [2.75, 3.05) is 34.8 Å². The van der Waals surface area contributed by atoms with Crippen LogP contribution in [0.3, 0.4) is 0 Å². The van der Waals surface area contributed by atoms with Gasteiger partial charge in [-0.15, -0.1) is 6.58 Å². The fourth-order valence-electron chi connectivity index (χ4n) is 7.52. The molecule has 2 fully saturated rings. The molecule has 11 heteroatoms. The van der Waals surface area contributed by atoms with E-state index in [1.54, 1.807) is 33.3 Å². The summed E-state index contributed by atoms with van der Waals surface area (Å²) in [5.41, 5.74) is 5.47. The number of ketones is 4. The van der Waals surface area contributed by atoms with E-state index in [1.165, 1.54) is 11.0 Å². The van der Waals surface area contributed by atoms with Gasteiger partial charge in [0.05, 0.1) is 24.6 Å². The summed E-state index contributed by atoms with van der Waals surface area (Å²) in [6.07, 6.45) is 1.95. The number of likely N-dealkylation sites (N-methyl/N-ethyl adjacent to an activating group) is 2. The molecule has 2 aromatic rings. The molecule has 0 heterocycles. The third-order valence-corrected chi connectivity index (χ3v) is 9.42. The largest absolute Gasteiger partial charge is 0.507 e. The van der Waals surface area contributed by atoms with Crippen LogP contribution in [-0.4, -0.2) is 95.5 Å². The zero-order valence-electron chi connectivity index (χ0n) is 25.2. The lowest BCUT2D eigenvalue weighted by atomic mass is 9.52. The number of rotatable bonds is 8. The first-order valence-electron chi connectivity index (χ1n) is 14.4. The van der Waals surface area contributed by atoms with Gasteiger partial charge in [-0.25, -0.2) is 0 Å². The second kappa shape index (κ2) is 11.4. The minimum atomic E-state index is -2.76. The van der Waals surface area contributed by atoms with Crippen LogP contribution in [0.25, 0.3) is 11.1 Å². The maximum Gasteiger partial charge on any atom is 0.235 e. The highest BCUT2D eigenvalue weighted by atomic mass is 16.5. The first-order valence-corrected chi connectivity index (χ1v) is 14.4. The summed E-state index contributed by atoms with van der Waals surface area (Å²) in [4.78, 5) is 70.6. The number of nitrogens with zero attached hydrogens (tertiary/aromatic N) is 2. The summed E-state index contributed by atoms with van der Waals surface area (Å²) < 4.78 is 5.58. The molecule has 3 aliphatic carbocycles. The van der Waals surface area contributed by atoms with Gasteiger partial charge in [-0.2, -0.15) is 0 Å². The number of nitrogens with two attached hydrogens (primary N) is 1. The third-order valence-electron chi connectivity index (χ3n) is 9.42. The molecular weight excluding hydrogens is 566 g/mol. The van der Waals surface area contributed by atoms with Crippen LogP contribution in [0.2, 0.25) is 0 Å². The van der Waals surface area contributed by atoms with Crippen molar-refractivity contribution in [1.82, 2.24) is 9.80 Å². The van der Waals surface area contributed by atoms with Gasteiger partial charge in [0, 0.05) is 24.6 Å². The SMILES string of the molecule is C=CCN(C)Cc1cc(-c2ccc(O)c3c2C[C@H]2C[C@H]4[C@H](N(C)C)C(=O)C(C(N)=O)C(=O)[C@@]4(O)C(=O)C2C3=O)ccc1OC. The molecule has 4 N–H and O–H groups in total. The van der Waals surface area contributed by atoms with Gasteiger partial charge in [0.1, 0.15) is 11.5 Å². The Labute approximate surface area is 255 Å². The molecule has 0 radical (unpaired) electrons. The number of fused-ring (bicyclic) bond motifs is 3. The number of benzene rings is 2. The molecule has 1 amide bonds. The van der Waals surface area contributed by atoms with E-state index in [4.69, 9.17) is 10.5 Å². The van der Waals surface area contributed by atoms with E-state index < -0.39 is 64.4 Å². The fraction of sp³-hybridized carbons (Fsp3) is 0.424. The third kappa shape index (κ3) is 4.66. The number of amides is 1. The smallest absolute Gasteiger partial charge is 0.235 e. The van der Waals surface area contributed by atoms with Gasteiger partial charge in [-0.05, 0) is 74.8 Å². The number of Topliss-reactive ketones (excluding diaryl/α,β-unsaturated/α-hetero) is 4. The van der Waals surface area contributed by atoms with E-state index in [9.17, 15) is 34.2 Å². The molecule has 11 nitrogen and oxygen atoms in total. The number of hydrogen-bond acceptors (Lipinski definition) is 10. The van der Waals surface area contributed by atoms with Crippen molar-refractivity contribution in [3.05, 3.63) is 59.7 Å². The second-order valence-corrected chi connectivity index (χ2v) is 12.3.